The van der Waals surface area contributed by atoms with Crippen LogP contribution in [0, 0.1) is 6.92 Å². The Hall–Kier alpha value is -1.77. The summed E-state index contributed by atoms with van der Waals surface area (Å²) in [7, 11) is 0. The zero-order chi connectivity index (χ0) is 17.1. The number of hydrogen-bond donors (Lipinski definition) is 1. The Morgan fingerprint density at radius 3 is 2.42 bits per heavy atom. The molecule has 3 rings (SSSR count). The van der Waals surface area contributed by atoms with Crippen molar-refractivity contribution in [3.63, 3.8) is 0 Å². The number of amides is 2. The van der Waals surface area contributed by atoms with Gasteiger partial charge in [-0.15, -0.1) is 22.7 Å². The van der Waals surface area contributed by atoms with Gasteiger partial charge < -0.3 is 15.5 Å². The normalized spacial score (nSPS) is 14.9. The Balaban J connectivity index is 1.58. The van der Waals surface area contributed by atoms with E-state index in [0.29, 0.717) is 44.8 Å². The summed E-state index contributed by atoms with van der Waals surface area (Å²) in [5, 5.41) is 2.68. The van der Waals surface area contributed by atoms with Gasteiger partial charge >= 0.3 is 0 Å². The van der Waals surface area contributed by atoms with Gasteiger partial charge in [-0.05, 0) is 25.6 Å². The van der Waals surface area contributed by atoms with Gasteiger partial charge in [0.05, 0.1) is 9.88 Å². The van der Waals surface area contributed by atoms with Gasteiger partial charge in [-0.2, -0.15) is 0 Å². The third kappa shape index (κ3) is 3.66. The monoisotopic (exact) mass is 364 g/mol. The first-order valence-electron chi connectivity index (χ1n) is 7.88. The molecule has 0 radical (unpaired) electrons. The van der Waals surface area contributed by atoms with E-state index in [2.05, 4.69) is 4.98 Å². The summed E-state index contributed by atoms with van der Waals surface area (Å²) in [6, 6.07) is 3.83. The second kappa shape index (κ2) is 7.42. The number of aryl methyl sites for hydroxylation is 1. The van der Waals surface area contributed by atoms with Crippen LogP contribution in [0.2, 0.25) is 0 Å². The molecule has 0 bridgehead atoms. The van der Waals surface area contributed by atoms with Crippen molar-refractivity contribution in [3.8, 4) is 0 Å². The highest BCUT2D eigenvalue weighted by molar-refractivity contribution is 7.13. The fourth-order valence-corrected chi connectivity index (χ4v) is 4.25. The zero-order valence-corrected chi connectivity index (χ0v) is 15.2. The quantitative estimate of drug-likeness (QED) is 0.894. The molecule has 3 heterocycles. The second-order valence-corrected chi connectivity index (χ2v) is 7.89. The molecule has 1 aliphatic rings. The van der Waals surface area contributed by atoms with E-state index in [9.17, 15) is 9.59 Å². The predicted octanol–water partition coefficient (Wildman–Crippen LogP) is 1.61. The first-order chi connectivity index (χ1) is 11.6. The summed E-state index contributed by atoms with van der Waals surface area (Å²) in [6.07, 6.45) is 0.695. The van der Waals surface area contributed by atoms with Crippen molar-refractivity contribution in [2.45, 2.75) is 13.3 Å². The zero-order valence-electron chi connectivity index (χ0n) is 13.5. The topological polar surface area (TPSA) is 79.5 Å². The van der Waals surface area contributed by atoms with Gasteiger partial charge in [0.15, 0.2) is 0 Å². The third-order valence-corrected chi connectivity index (χ3v) is 5.83. The molecule has 24 heavy (non-hydrogen) atoms. The molecule has 0 aromatic carbocycles. The van der Waals surface area contributed by atoms with Gasteiger partial charge in [-0.25, -0.2) is 4.98 Å². The first kappa shape index (κ1) is 17.1. The fraction of sp³-hybridized carbons (Fsp3) is 0.438. The summed E-state index contributed by atoms with van der Waals surface area (Å²) in [4.78, 5) is 34.8. The number of nitrogens with zero attached hydrogens (tertiary/aromatic N) is 3. The molecule has 0 aliphatic carbocycles. The molecule has 6 nitrogen and oxygen atoms in total. The number of piperazine rings is 1. The van der Waals surface area contributed by atoms with Crippen LogP contribution in [0.25, 0.3) is 0 Å². The number of carbonyl (C=O) groups excluding carboxylic acids is 2. The molecule has 2 N–H and O–H groups in total. The number of nitrogens with two attached hydrogens (primary N) is 1. The highest BCUT2D eigenvalue weighted by Crippen LogP contribution is 2.19. The highest BCUT2D eigenvalue weighted by Gasteiger charge is 2.27. The average Bonchev–Trinajstić information content (AvgIpc) is 3.23. The number of hydrogen-bond acceptors (Lipinski definition) is 6. The van der Waals surface area contributed by atoms with Crippen molar-refractivity contribution >= 4 is 34.5 Å². The molecule has 2 aromatic rings. The van der Waals surface area contributed by atoms with Gasteiger partial charge in [0, 0.05) is 42.9 Å². The lowest BCUT2D eigenvalue weighted by molar-refractivity contribution is 0.0535. The predicted molar refractivity (Wildman–Crippen MR) is 95.7 cm³/mol. The summed E-state index contributed by atoms with van der Waals surface area (Å²) in [5.41, 5.74) is 6.00. The average molecular weight is 364 g/mol. The SMILES string of the molecule is Cc1ccc(C(=O)N2CCN(C(=O)c3csc(CCN)n3)CC2)s1. The van der Waals surface area contributed by atoms with Crippen LogP contribution in [0.3, 0.4) is 0 Å². The number of carbonyl (C=O) groups is 2. The fourth-order valence-electron chi connectivity index (χ4n) is 2.63. The van der Waals surface area contributed by atoms with E-state index in [0.717, 1.165) is 14.8 Å². The number of thiazole rings is 1. The summed E-state index contributed by atoms with van der Waals surface area (Å²) < 4.78 is 0. The molecular formula is C16H20N4O2S2. The van der Waals surface area contributed by atoms with Gasteiger partial charge in [-0.3, -0.25) is 9.59 Å². The Bertz CT molecular complexity index is 732. The minimum atomic E-state index is -0.0615. The Labute approximate surface area is 148 Å². The second-order valence-electron chi connectivity index (χ2n) is 5.66. The molecule has 8 heteroatoms. The lowest BCUT2D eigenvalue weighted by atomic mass is 10.2. The lowest BCUT2D eigenvalue weighted by Gasteiger charge is -2.34. The minimum Gasteiger partial charge on any atom is -0.334 e. The van der Waals surface area contributed by atoms with Crippen LogP contribution in [0.5, 0.6) is 0 Å². The van der Waals surface area contributed by atoms with Crippen LogP contribution in [-0.2, 0) is 6.42 Å². The van der Waals surface area contributed by atoms with Crippen LogP contribution < -0.4 is 5.73 Å². The maximum absolute atomic E-state index is 12.5. The third-order valence-electron chi connectivity index (χ3n) is 3.93. The Morgan fingerprint density at radius 1 is 1.17 bits per heavy atom. The number of thiophene rings is 1. The largest absolute Gasteiger partial charge is 0.334 e. The number of rotatable bonds is 4. The molecule has 128 valence electrons. The molecule has 2 aromatic heterocycles. The van der Waals surface area contributed by atoms with Crippen LogP contribution in [-0.4, -0.2) is 59.3 Å². The van der Waals surface area contributed by atoms with E-state index < -0.39 is 0 Å². The van der Waals surface area contributed by atoms with E-state index >= 15 is 0 Å². The van der Waals surface area contributed by atoms with E-state index in [1.54, 1.807) is 10.3 Å². The maximum Gasteiger partial charge on any atom is 0.273 e. The van der Waals surface area contributed by atoms with Crippen LogP contribution in [0.4, 0.5) is 0 Å². The summed E-state index contributed by atoms with van der Waals surface area (Å²) in [6.45, 7) is 4.72. The van der Waals surface area contributed by atoms with Gasteiger partial charge in [0.1, 0.15) is 5.69 Å². The smallest absolute Gasteiger partial charge is 0.273 e. The molecule has 1 saturated heterocycles. The standard InChI is InChI=1S/C16H20N4O2S2/c1-11-2-3-13(24-11)16(22)20-8-6-19(7-9-20)15(21)12-10-23-14(18-12)4-5-17/h2-3,10H,4-9,17H2,1H3. The highest BCUT2D eigenvalue weighted by atomic mass is 32.1. The molecule has 0 spiro atoms. The molecular weight excluding hydrogens is 344 g/mol. The molecule has 0 unspecified atom stereocenters. The van der Waals surface area contributed by atoms with E-state index in [4.69, 9.17) is 5.73 Å². The van der Waals surface area contributed by atoms with Crippen molar-refractivity contribution in [1.82, 2.24) is 14.8 Å². The molecule has 0 atom stereocenters. The first-order valence-corrected chi connectivity index (χ1v) is 9.57. The Morgan fingerprint density at radius 2 is 1.83 bits per heavy atom. The van der Waals surface area contributed by atoms with Crippen molar-refractivity contribution in [3.05, 3.63) is 38.0 Å². The molecule has 1 aliphatic heterocycles. The maximum atomic E-state index is 12.5. The van der Waals surface area contributed by atoms with E-state index in [-0.39, 0.29) is 11.8 Å². The summed E-state index contributed by atoms with van der Waals surface area (Å²) in [5.74, 6) is -0.00678. The molecule has 0 saturated carbocycles. The minimum absolute atomic E-state index is 0.0547. The summed E-state index contributed by atoms with van der Waals surface area (Å²) >= 11 is 2.98. The van der Waals surface area contributed by atoms with Crippen molar-refractivity contribution in [2.24, 2.45) is 5.73 Å². The lowest BCUT2D eigenvalue weighted by Crippen LogP contribution is -2.50. The van der Waals surface area contributed by atoms with Crippen LogP contribution in [0.1, 0.15) is 30.0 Å². The van der Waals surface area contributed by atoms with E-state index in [1.807, 2.05) is 24.0 Å². The van der Waals surface area contributed by atoms with Crippen LogP contribution >= 0.6 is 22.7 Å². The van der Waals surface area contributed by atoms with E-state index in [1.165, 1.54) is 22.7 Å². The molecule has 1 fully saturated rings. The van der Waals surface area contributed by atoms with Gasteiger partial charge in [0.25, 0.3) is 11.8 Å². The van der Waals surface area contributed by atoms with Gasteiger partial charge in [0.2, 0.25) is 0 Å². The Kier molecular flexibility index (Phi) is 5.27. The number of aromatic nitrogens is 1. The van der Waals surface area contributed by atoms with Crippen molar-refractivity contribution < 1.29 is 9.59 Å². The van der Waals surface area contributed by atoms with Crippen LogP contribution in [0.15, 0.2) is 17.5 Å². The van der Waals surface area contributed by atoms with Crippen molar-refractivity contribution in [2.75, 3.05) is 32.7 Å². The molecule has 2 amide bonds. The van der Waals surface area contributed by atoms with Gasteiger partial charge in [-0.1, -0.05) is 0 Å². The van der Waals surface area contributed by atoms with Crippen molar-refractivity contribution in [1.29, 1.82) is 0 Å².